The van der Waals surface area contributed by atoms with E-state index in [1.54, 1.807) is 65.6 Å². The van der Waals surface area contributed by atoms with Crippen molar-refractivity contribution >= 4 is 23.4 Å². The summed E-state index contributed by atoms with van der Waals surface area (Å²) in [5.74, 6) is 0.127. The number of nitrogens with two attached hydrogens (primary N) is 1. The van der Waals surface area contributed by atoms with Crippen LogP contribution < -0.4 is 16.0 Å². The van der Waals surface area contributed by atoms with Crippen LogP contribution in [0.3, 0.4) is 0 Å². The fourth-order valence-electron chi connectivity index (χ4n) is 4.91. The number of primary amides is 1. The van der Waals surface area contributed by atoms with E-state index in [0.29, 0.717) is 50.3 Å². The highest BCUT2D eigenvalue weighted by atomic mass is 32.2. The lowest BCUT2D eigenvalue weighted by Gasteiger charge is -2.18. The molecule has 6 rings (SSSR count). The zero-order chi connectivity index (χ0) is 33.6. The highest BCUT2D eigenvalue weighted by Crippen LogP contribution is 2.36. The molecule has 0 bridgehead atoms. The Hall–Kier alpha value is -6.21. The first-order chi connectivity index (χ1) is 23.2. The van der Waals surface area contributed by atoms with Crippen molar-refractivity contribution in [3.63, 3.8) is 0 Å². The molecule has 13 heteroatoms. The molecule has 6 aromatic rings. The van der Waals surface area contributed by atoms with Crippen LogP contribution in [-0.4, -0.2) is 30.3 Å². The Labute approximate surface area is 277 Å². The van der Waals surface area contributed by atoms with Gasteiger partial charge < -0.3 is 10.5 Å². The van der Waals surface area contributed by atoms with Gasteiger partial charge in [0.1, 0.15) is 23.6 Å². The number of aromatic nitrogens is 4. The maximum atomic E-state index is 13.5. The normalized spacial score (nSPS) is 10.9. The number of ether oxygens (including phenoxy) is 1. The second kappa shape index (κ2) is 14.1. The number of non-ortho nitro benzene ring substituents is 1. The first-order valence-corrected chi connectivity index (χ1v) is 15.4. The number of nitro groups is 1. The van der Waals surface area contributed by atoms with Crippen molar-refractivity contribution in [3.8, 4) is 28.3 Å². The first kappa shape index (κ1) is 31.8. The fraction of sp³-hybridized carbons (Fsp3) is 0.0571. The third kappa shape index (κ3) is 7.26. The van der Waals surface area contributed by atoms with Crippen molar-refractivity contribution < 1.29 is 18.8 Å². The van der Waals surface area contributed by atoms with E-state index in [4.69, 9.17) is 10.5 Å². The Kier molecular flexibility index (Phi) is 9.30. The van der Waals surface area contributed by atoms with E-state index < -0.39 is 16.4 Å². The van der Waals surface area contributed by atoms with Gasteiger partial charge in [-0.05, 0) is 59.2 Å². The Morgan fingerprint density at radius 2 is 1.69 bits per heavy atom. The van der Waals surface area contributed by atoms with Crippen molar-refractivity contribution in [2.75, 3.05) is 0 Å². The summed E-state index contributed by atoms with van der Waals surface area (Å²) in [6.07, 6.45) is 6.43. The molecular formula is C35H25FN6O5S. The summed E-state index contributed by atoms with van der Waals surface area (Å²) in [6, 6.07) is 24.0. The quantitative estimate of drug-likeness (QED) is 0.0708. The highest BCUT2D eigenvalue weighted by Gasteiger charge is 2.19. The number of carbonyl (C=O) groups excluding carboxylic acids is 1. The van der Waals surface area contributed by atoms with Crippen molar-refractivity contribution in [1.29, 1.82) is 0 Å². The van der Waals surface area contributed by atoms with Crippen LogP contribution in [0.4, 0.5) is 10.1 Å². The summed E-state index contributed by atoms with van der Waals surface area (Å²) in [5, 5.41) is 11.4. The molecule has 48 heavy (non-hydrogen) atoms. The van der Waals surface area contributed by atoms with Gasteiger partial charge in [0, 0.05) is 54.0 Å². The SMILES string of the molecule is NC(=O)c1cc(-c2ccccc2Oc2ccc([N+](=O)[O-])cc2)ccc1-n1cc(Cc2cncnc2)c(=O)nc1SCc1ccc(F)cc1. The molecule has 11 nitrogen and oxygen atoms in total. The monoisotopic (exact) mass is 660 g/mol. The highest BCUT2D eigenvalue weighted by molar-refractivity contribution is 7.98. The van der Waals surface area contributed by atoms with Gasteiger partial charge in [-0.1, -0.05) is 48.2 Å². The van der Waals surface area contributed by atoms with Crippen molar-refractivity contribution in [3.05, 3.63) is 164 Å². The van der Waals surface area contributed by atoms with Crippen LogP contribution in [-0.2, 0) is 12.2 Å². The number of para-hydroxylation sites is 1. The molecule has 0 radical (unpaired) electrons. The number of carbonyl (C=O) groups is 1. The third-order valence-electron chi connectivity index (χ3n) is 7.25. The van der Waals surface area contributed by atoms with E-state index in [2.05, 4.69) is 15.0 Å². The molecule has 0 saturated heterocycles. The lowest BCUT2D eigenvalue weighted by molar-refractivity contribution is -0.384. The zero-order valence-corrected chi connectivity index (χ0v) is 25.8. The number of nitrogens with zero attached hydrogens (tertiary/aromatic N) is 5. The minimum absolute atomic E-state index is 0.0650. The Bertz CT molecular complexity index is 2180. The lowest BCUT2D eigenvalue weighted by Crippen LogP contribution is -2.21. The molecule has 0 unspecified atom stereocenters. The van der Waals surface area contributed by atoms with Crippen molar-refractivity contribution in [2.24, 2.45) is 5.73 Å². The van der Waals surface area contributed by atoms with Gasteiger partial charge in [0.2, 0.25) is 0 Å². The van der Waals surface area contributed by atoms with Crippen LogP contribution in [0.1, 0.15) is 27.0 Å². The standard InChI is InChI=1S/C35H25FN6O5S/c36-26-8-5-22(6-9-26)20-48-35-40-34(44)25(15-23-17-38-21-39-18-23)19-41(35)31-14-7-24(16-30(31)33(37)43)29-3-1-2-4-32(29)47-28-12-10-27(11-13-28)42(45)46/h1-14,16-19,21H,15,20H2,(H2,37,43). The molecule has 0 spiro atoms. The van der Waals surface area contributed by atoms with Gasteiger partial charge >= 0.3 is 0 Å². The summed E-state index contributed by atoms with van der Waals surface area (Å²) in [4.78, 5) is 49.2. The van der Waals surface area contributed by atoms with Crippen LogP contribution in [0.5, 0.6) is 11.5 Å². The largest absolute Gasteiger partial charge is 0.457 e. The number of hydrogen-bond donors (Lipinski definition) is 1. The Morgan fingerprint density at radius 3 is 2.40 bits per heavy atom. The van der Waals surface area contributed by atoms with Gasteiger partial charge in [-0.2, -0.15) is 4.98 Å². The first-order valence-electron chi connectivity index (χ1n) is 14.4. The van der Waals surface area contributed by atoms with Gasteiger partial charge in [-0.3, -0.25) is 24.3 Å². The number of halogens is 1. The van der Waals surface area contributed by atoms with E-state index in [1.165, 1.54) is 54.5 Å². The Morgan fingerprint density at radius 1 is 0.958 bits per heavy atom. The van der Waals surface area contributed by atoms with Crippen LogP contribution >= 0.6 is 11.8 Å². The molecule has 0 fully saturated rings. The fourth-order valence-corrected chi connectivity index (χ4v) is 5.84. The summed E-state index contributed by atoms with van der Waals surface area (Å²) in [5.41, 5.74) is 9.07. The van der Waals surface area contributed by atoms with E-state index in [-0.39, 0.29) is 23.5 Å². The number of rotatable bonds is 11. The average molecular weight is 661 g/mol. The molecule has 4 aromatic carbocycles. The third-order valence-corrected chi connectivity index (χ3v) is 8.27. The van der Waals surface area contributed by atoms with Crippen LogP contribution in [0.25, 0.3) is 16.8 Å². The van der Waals surface area contributed by atoms with Crippen molar-refractivity contribution in [1.82, 2.24) is 19.5 Å². The molecule has 0 aliphatic heterocycles. The average Bonchev–Trinajstić information content (AvgIpc) is 3.10. The second-order valence-electron chi connectivity index (χ2n) is 10.5. The molecular weight excluding hydrogens is 635 g/mol. The number of amides is 1. The van der Waals surface area contributed by atoms with Crippen molar-refractivity contribution in [2.45, 2.75) is 17.3 Å². The molecule has 0 aliphatic rings. The van der Waals surface area contributed by atoms with E-state index >= 15 is 0 Å². The number of benzene rings is 4. The molecule has 1 amide bonds. The van der Waals surface area contributed by atoms with Crippen LogP contribution in [0.15, 0.2) is 126 Å². The molecule has 238 valence electrons. The molecule has 2 aromatic heterocycles. The number of nitro benzene ring substituents is 1. The smallest absolute Gasteiger partial charge is 0.277 e. The van der Waals surface area contributed by atoms with Crippen LogP contribution in [0, 0.1) is 15.9 Å². The van der Waals surface area contributed by atoms with Gasteiger partial charge in [0.15, 0.2) is 5.16 Å². The minimum atomic E-state index is -0.716. The second-order valence-corrected chi connectivity index (χ2v) is 11.5. The maximum absolute atomic E-state index is 13.5. The summed E-state index contributed by atoms with van der Waals surface area (Å²) in [6.45, 7) is 0. The number of thioether (sulfide) groups is 1. The van der Waals surface area contributed by atoms with Gasteiger partial charge in [-0.25, -0.2) is 14.4 Å². The van der Waals surface area contributed by atoms with Gasteiger partial charge in [0.05, 0.1) is 16.2 Å². The van der Waals surface area contributed by atoms with E-state index in [1.807, 2.05) is 12.1 Å². The van der Waals surface area contributed by atoms with E-state index in [9.17, 15) is 24.1 Å². The molecule has 0 saturated carbocycles. The number of hydrogen-bond acceptors (Lipinski definition) is 9. The van der Waals surface area contributed by atoms with Crippen LogP contribution in [0.2, 0.25) is 0 Å². The summed E-state index contributed by atoms with van der Waals surface area (Å²) in [7, 11) is 0. The zero-order valence-electron chi connectivity index (χ0n) is 25.0. The van der Waals surface area contributed by atoms with Gasteiger partial charge in [0.25, 0.3) is 17.2 Å². The Balaban J connectivity index is 1.41. The molecule has 2 heterocycles. The maximum Gasteiger partial charge on any atom is 0.277 e. The lowest BCUT2D eigenvalue weighted by atomic mass is 10.00. The predicted molar refractivity (Wildman–Crippen MR) is 178 cm³/mol. The topological polar surface area (TPSA) is 156 Å². The van der Waals surface area contributed by atoms with Gasteiger partial charge in [-0.15, -0.1) is 0 Å². The summed E-state index contributed by atoms with van der Waals surface area (Å²) >= 11 is 1.25. The predicted octanol–water partition coefficient (Wildman–Crippen LogP) is 6.51. The molecule has 0 atom stereocenters. The summed E-state index contributed by atoms with van der Waals surface area (Å²) < 4.78 is 21.2. The molecule has 2 N–H and O–H groups in total. The molecule has 0 aliphatic carbocycles. The van der Waals surface area contributed by atoms with E-state index in [0.717, 1.165) is 5.56 Å². The minimum Gasteiger partial charge on any atom is -0.457 e.